The highest BCUT2D eigenvalue weighted by Gasteiger charge is 2.55. The van der Waals surface area contributed by atoms with Gasteiger partial charge in [-0.1, -0.05) is 120 Å². The Kier molecular flexibility index (Phi) is 17.2. The Labute approximate surface area is 386 Å². The fourth-order valence-electron chi connectivity index (χ4n) is 7.60. The molecule has 2 heterocycles. The van der Waals surface area contributed by atoms with Gasteiger partial charge in [0.1, 0.15) is 30.5 Å². The maximum atomic E-state index is 13.9. The van der Waals surface area contributed by atoms with E-state index in [0.29, 0.717) is 0 Å². The third kappa shape index (κ3) is 12.9. The van der Waals surface area contributed by atoms with Gasteiger partial charge in [-0.2, -0.15) is 0 Å². The van der Waals surface area contributed by atoms with Gasteiger partial charge in [0.05, 0.1) is 43.1 Å². The highest BCUT2D eigenvalue weighted by molar-refractivity contribution is 5.91. The SMILES string of the molecule is CO[C@H]1O[C@H](CO[C@H]2O[C@H](COCc3ccccc3)[C@H](OCc3ccccc3)[C@H](OC(C)=O)[C@H]2N=[N+]=[N-])[C@@H](OC(=O)c2ccccc2)[C@H](OC(=O)c2ccccc2)[C@H]1OC(=O)c1ccccc1. The summed E-state index contributed by atoms with van der Waals surface area (Å²) in [7, 11) is 1.29. The monoisotopic (exact) mass is 915 g/mol. The van der Waals surface area contributed by atoms with Crippen molar-refractivity contribution in [2.75, 3.05) is 20.3 Å². The van der Waals surface area contributed by atoms with Gasteiger partial charge in [-0.3, -0.25) is 4.79 Å². The summed E-state index contributed by atoms with van der Waals surface area (Å²) in [6.07, 6.45) is -12.2. The molecule has 17 nitrogen and oxygen atoms in total. The number of hydrogen-bond acceptors (Lipinski definition) is 15. The van der Waals surface area contributed by atoms with Crippen LogP contribution in [0.25, 0.3) is 10.4 Å². The fourth-order valence-corrected chi connectivity index (χ4v) is 7.60. The van der Waals surface area contributed by atoms with Crippen LogP contribution >= 0.6 is 0 Å². The molecule has 0 radical (unpaired) electrons. The van der Waals surface area contributed by atoms with E-state index in [-0.39, 0.29) is 36.5 Å². The van der Waals surface area contributed by atoms with E-state index in [1.54, 1.807) is 54.6 Å². The number of ether oxygens (including phenoxy) is 10. The third-order valence-electron chi connectivity index (χ3n) is 10.8. The van der Waals surface area contributed by atoms with Crippen molar-refractivity contribution >= 4 is 23.9 Å². The summed E-state index contributed by atoms with van der Waals surface area (Å²) in [5.41, 5.74) is 12.0. The van der Waals surface area contributed by atoms with E-state index in [1.807, 2.05) is 60.7 Å². The van der Waals surface area contributed by atoms with E-state index in [1.165, 1.54) is 50.4 Å². The first-order valence-corrected chi connectivity index (χ1v) is 21.4. The van der Waals surface area contributed by atoms with Gasteiger partial charge in [0.2, 0.25) is 0 Å². The molecule has 0 bridgehead atoms. The van der Waals surface area contributed by atoms with Crippen molar-refractivity contribution in [3.8, 4) is 0 Å². The Balaban J connectivity index is 1.23. The van der Waals surface area contributed by atoms with Crippen molar-refractivity contribution in [3.05, 3.63) is 190 Å². The van der Waals surface area contributed by atoms with Crippen LogP contribution in [-0.4, -0.2) is 106 Å². The summed E-state index contributed by atoms with van der Waals surface area (Å²) in [6, 6.07) is 41.5. The van der Waals surface area contributed by atoms with Gasteiger partial charge in [-0.05, 0) is 53.1 Å². The number of methoxy groups -OCH3 is 1. The Morgan fingerprint density at radius 1 is 0.522 bits per heavy atom. The second kappa shape index (κ2) is 24.0. The molecule has 2 fully saturated rings. The molecule has 2 saturated heterocycles. The van der Waals surface area contributed by atoms with E-state index in [4.69, 9.17) is 47.4 Å². The van der Waals surface area contributed by atoms with Crippen LogP contribution in [0.4, 0.5) is 0 Å². The number of carbonyl (C=O) groups is 4. The lowest BCUT2D eigenvalue weighted by atomic mass is 9.96. The van der Waals surface area contributed by atoms with Crippen LogP contribution in [0.2, 0.25) is 0 Å². The van der Waals surface area contributed by atoms with Gasteiger partial charge in [-0.15, -0.1) is 0 Å². The molecule has 348 valence electrons. The fraction of sp³-hybridized carbons (Fsp3) is 0.320. The zero-order valence-corrected chi connectivity index (χ0v) is 36.6. The van der Waals surface area contributed by atoms with Crippen LogP contribution in [0, 0.1) is 0 Å². The molecule has 17 heteroatoms. The largest absolute Gasteiger partial charge is 0.459 e. The predicted octanol–water partition coefficient (Wildman–Crippen LogP) is 7.19. The summed E-state index contributed by atoms with van der Waals surface area (Å²) in [5.74, 6) is -3.19. The predicted molar refractivity (Wildman–Crippen MR) is 237 cm³/mol. The van der Waals surface area contributed by atoms with Crippen molar-refractivity contribution in [2.45, 2.75) is 81.5 Å². The van der Waals surface area contributed by atoms with Crippen molar-refractivity contribution < 1.29 is 66.5 Å². The van der Waals surface area contributed by atoms with Gasteiger partial charge in [0.25, 0.3) is 0 Å². The van der Waals surface area contributed by atoms with Crippen LogP contribution in [0.3, 0.4) is 0 Å². The number of hydrogen-bond donors (Lipinski definition) is 0. The maximum Gasteiger partial charge on any atom is 0.338 e. The zero-order chi connectivity index (χ0) is 47.0. The molecule has 2 aliphatic heterocycles. The normalized spacial score (nSPS) is 24.6. The minimum absolute atomic E-state index is 0.0677. The average Bonchev–Trinajstić information content (AvgIpc) is 3.36. The van der Waals surface area contributed by atoms with Crippen molar-refractivity contribution in [1.29, 1.82) is 0 Å². The standard InChI is InChI=1S/C50H49N3O14/c1-32(54)62-43-40(52-53-51)49(63-38(30-59-28-33-18-8-3-9-19-33)41(43)60-29-34-20-10-4-11-21-34)61-31-39-42(65-46(55)35-22-12-5-13-23-35)44(66-47(56)36-24-14-6-15-25-36)45(50(58-2)64-39)67-48(57)37-26-16-7-17-27-37/h3-27,38-45,49-50H,28-31H2,1-2H3/t38-,39-,40-,41+,42-,43-,44+,45-,49+,50+/m1/s1. The summed E-state index contributed by atoms with van der Waals surface area (Å²) in [6.45, 7) is 0.852. The lowest BCUT2D eigenvalue weighted by Gasteiger charge is -2.46. The molecule has 5 aromatic carbocycles. The molecule has 5 aromatic rings. The molecule has 7 rings (SSSR count). The molecule has 0 amide bonds. The Bertz CT molecular complexity index is 2410. The van der Waals surface area contributed by atoms with E-state index in [0.717, 1.165) is 11.1 Å². The summed E-state index contributed by atoms with van der Waals surface area (Å²) in [4.78, 5) is 57.3. The van der Waals surface area contributed by atoms with Crippen molar-refractivity contribution in [1.82, 2.24) is 0 Å². The van der Waals surface area contributed by atoms with E-state index >= 15 is 0 Å². The first kappa shape index (κ1) is 48.0. The summed E-state index contributed by atoms with van der Waals surface area (Å²) >= 11 is 0. The molecule has 10 atom stereocenters. The number of nitrogens with zero attached hydrogens (tertiary/aromatic N) is 3. The Hall–Kier alpha value is -6.95. The first-order valence-electron chi connectivity index (χ1n) is 21.4. The minimum atomic E-state index is -1.58. The number of azide groups is 1. The average molecular weight is 916 g/mol. The van der Waals surface area contributed by atoms with Crippen LogP contribution < -0.4 is 0 Å². The molecule has 0 aliphatic carbocycles. The quantitative estimate of drug-likeness (QED) is 0.0264. The Morgan fingerprint density at radius 3 is 1.46 bits per heavy atom. The lowest BCUT2D eigenvalue weighted by Crippen LogP contribution is -2.64. The third-order valence-corrected chi connectivity index (χ3v) is 10.8. The van der Waals surface area contributed by atoms with Gasteiger partial charge < -0.3 is 47.4 Å². The molecule has 0 saturated carbocycles. The van der Waals surface area contributed by atoms with Gasteiger partial charge in [0.15, 0.2) is 30.9 Å². The second-order valence-electron chi connectivity index (χ2n) is 15.4. The van der Waals surface area contributed by atoms with Crippen LogP contribution in [0.1, 0.15) is 49.1 Å². The number of esters is 4. The van der Waals surface area contributed by atoms with Gasteiger partial charge >= 0.3 is 23.9 Å². The van der Waals surface area contributed by atoms with Crippen molar-refractivity contribution in [3.63, 3.8) is 0 Å². The maximum absolute atomic E-state index is 13.9. The molecule has 0 unspecified atom stereocenters. The highest BCUT2D eigenvalue weighted by Crippen LogP contribution is 2.34. The van der Waals surface area contributed by atoms with Crippen molar-refractivity contribution in [2.24, 2.45) is 5.11 Å². The van der Waals surface area contributed by atoms with Crippen LogP contribution in [0.5, 0.6) is 0 Å². The minimum Gasteiger partial charge on any atom is -0.459 e. The number of rotatable bonds is 19. The Morgan fingerprint density at radius 2 is 0.970 bits per heavy atom. The highest BCUT2D eigenvalue weighted by atomic mass is 16.7. The van der Waals surface area contributed by atoms with Gasteiger partial charge in [-0.25, -0.2) is 14.4 Å². The number of carbonyl (C=O) groups excluding carboxylic acids is 4. The van der Waals surface area contributed by atoms with Crippen LogP contribution in [-0.2, 0) is 65.4 Å². The molecule has 0 aromatic heterocycles. The topological polar surface area (TPSA) is 209 Å². The van der Waals surface area contributed by atoms with E-state index in [2.05, 4.69) is 10.0 Å². The molecule has 2 aliphatic rings. The summed E-state index contributed by atoms with van der Waals surface area (Å²) < 4.78 is 61.7. The first-order chi connectivity index (χ1) is 32.7. The summed E-state index contributed by atoms with van der Waals surface area (Å²) in [5, 5.41) is 3.99. The van der Waals surface area contributed by atoms with E-state index in [9.17, 15) is 24.7 Å². The smallest absolute Gasteiger partial charge is 0.338 e. The van der Waals surface area contributed by atoms with Crippen LogP contribution in [0.15, 0.2) is 157 Å². The lowest BCUT2D eigenvalue weighted by molar-refractivity contribution is -0.316. The van der Waals surface area contributed by atoms with Gasteiger partial charge in [0, 0.05) is 18.9 Å². The number of benzene rings is 5. The molecular formula is C50H49N3O14. The molecular weight excluding hydrogens is 867 g/mol. The molecule has 67 heavy (non-hydrogen) atoms. The molecule has 0 spiro atoms. The molecule has 0 N–H and O–H groups in total. The zero-order valence-electron chi connectivity index (χ0n) is 36.6. The van der Waals surface area contributed by atoms with E-state index < -0.39 is 91.8 Å². The second-order valence-corrected chi connectivity index (χ2v) is 15.4.